The van der Waals surface area contributed by atoms with E-state index in [0.29, 0.717) is 17.5 Å². The van der Waals surface area contributed by atoms with Crippen LogP contribution in [0.25, 0.3) is 11.4 Å². The topological polar surface area (TPSA) is 94.3 Å². The lowest BCUT2D eigenvalue weighted by molar-refractivity contribution is 0.379. The molecule has 0 amide bonds. The summed E-state index contributed by atoms with van der Waals surface area (Å²) in [6.07, 6.45) is 0.219. The van der Waals surface area contributed by atoms with E-state index in [2.05, 4.69) is 14.9 Å². The Morgan fingerprint density at radius 1 is 1.22 bits per heavy atom. The molecule has 1 aromatic heterocycles. The highest BCUT2D eigenvalue weighted by molar-refractivity contribution is 7.89. The van der Waals surface area contributed by atoms with E-state index in [4.69, 9.17) is 9.26 Å². The Morgan fingerprint density at radius 3 is 2.78 bits per heavy atom. The molecule has 0 unspecified atom stereocenters. The summed E-state index contributed by atoms with van der Waals surface area (Å²) in [4.78, 5) is 4.26. The van der Waals surface area contributed by atoms with Gasteiger partial charge < -0.3 is 9.26 Å². The van der Waals surface area contributed by atoms with Crippen molar-refractivity contribution in [2.75, 3.05) is 13.7 Å². The number of aromatic nitrogens is 2. The molecule has 0 radical (unpaired) electrons. The molecule has 9 heteroatoms. The van der Waals surface area contributed by atoms with Gasteiger partial charge >= 0.3 is 0 Å². The molecule has 7 nitrogen and oxygen atoms in total. The molecule has 0 bridgehead atoms. The Labute approximate surface area is 156 Å². The number of methoxy groups -OCH3 is 1. The number of nitrogens with zero attached hydrogens (tertiary/aromatic N) is 2. The van der Waals surface area contributed by atoms with Crippen molar-refractivity contribution in [1.82, 2.24) is 14.9 Å². The van der Waals surface area contributed by atoms with Gasteiger partial charge in [-0.1, -0.05) is 17.3 Å². The van der Waals surface area contributed by atoms with E-state index in [9.17, 15) is 12.8 Å². The van der Waals surface area contributed by atoms with Crippen LogP contribution in [0.4, 0.5) is 4.39 Å². The first-order valence-corrected chi connectivity index (χ1v) is 9.60. The second-order valence-electron chi connectivity index (χ2n) is 5.80. The van der Waals surface area contributed by atoms with Crippen molar-refractivity contribution in [1.29, 1.82) is 0 Å². The van der Waals surface area contributed by atoms with Crippen LogP contribution in [-0.4, -0.2) is 32.2 Å². The SMILES string of the molecule is COc1cccc(-c2noc(CCNS(=O)(=O)c3ccc(F)c(C)c3)n2)c1. The summed E-state index contributed by atoms with van der Waals surface area (Å²) in [6, 6.07) is 10.8. The fourth-order valence-corrected chi connectivity index (χ4v) is 3.51. The van der Waals surface area contributed by atoms with Crippen molar-refractivity contribution in [3.05, 3.63) is 59.7 Å². The van der Waals surface area contributed by atoms with Crippen molar-refractivity contribution in [3.63, 3.8) is 0 Å². The minimum atomic E-state index is -3.75. The number of halogens is 1. The predicted molar refractivity (Wildman–Crippen MR) is 96.3 cm³/mol. The second kappa shape index (κ2) is 7.85. The maximum Gasteiger partial charge on any atom is 0.240 e. The first kappa shape index (κ1) is 19.0. The van der Waals surface area contributed by atoms with Crippen LogP contribution in [0, 0.1) is 12.7 Å². The molecule has 27 heavy (non-hydrogen) atoms. The van der Waals surface area contributed by atoms with Gasteiger partial charge in [-0.05, 0) is 42.8 Å². The number of hydrogen-bond acceptors (Lipinski definition) is 6. The zero-order chi connectivity index (χ0) is 19.4. The lowest BCUT2D eigenvalue weighted by Crippen LogP contribution is -2.26. The smallest absolute Gasteiger partial charge is 0.240 e. The molecule has 0 aliphatic heterocycles. The predicted octanol–water partition coefficient (Wildman–Crippen LogP) is 2.71. The molecule has 0 atom stereocenters. The van der Waals surface area contributed by atoms with Gasteiger partial charge in [-0.3, -0.25) is 0 Å². The highest BCUT2D eigenvalue weighted by Gasteiger charge is 2.16. The number of sulfonamides is 1. The molecular formula is C18H18FN3O4S. The van der Waals surface area contributed by atoms with Gasteiger partial charge in [-0.2, -0.15) is 4.98 Å². The molecule has 142 valence electrons. The second-order valence-corrected chi connectivity index (χ2v) is 7.57. The molecule has 0 aliphatic rings. The first-order valence-electron chi connectivity index (χ1n) is 8.12. The lowest BCUT2D eigenvalue weighted by atomic mass is 10.2. The molecule has 0 spiro atoms. The van der Waals surface area contributed by atoms with Crippen LogP contribution in [0.2, 0.25) is 0 Å². The minimum Gasteiger partial charge on any atom is -0.497 e. The number of ether oxygens (including phenoxy) is 1. The Hall–Kier alpha value is -2.78. The lowest BCUT2D eigenvalue weighted by Gasteiger charge is -2.06. The third-order valence-corrected chi connectivity index (χ3v) is 5.33. The number of benzene rings is 2. The van der Waals surface area contributed by atoms with Gasteiger partial charge in [0.05, 0.1) is 12.0 Å². The Bertz CT molecular complexity index is 1050. The largest absolute Gasteiger partial charge is 0.497 e. The monoisotopic (exact) mass is 391 g/mol. The molecule has 0 aliphatic carbocycles. The average Bonchev–Trinajstić information content (AvgIpc) is 3.12. The van der Waals surface area contributed by atoms with Gasteiger partial charge in [-0.15, -0.1) is 0 Å². The highest BCUT2D eigenvalue weighted by Crippen LogP contribution is 2.21. The standard InChI is InChI=1S/C18H18FN3O4S/c1-12-10-15(6-7-16(12)19)27(23,24)20-9-8-17-21-18(22-26-17)13-4-3-5-14(11-13)25-2/h3-7,10-11,20H,8-9H2,1-2H3. The van der Waals surface area contributed by atoms with Crippen LogP contribution in [0.1, 0.15) is 11.5 Å². The number of hydrogen-bond donors (Lipinski definition) is 1. The van der Waals surface area contributed by atoms with Gasteiger partial charge in [-0.25, -0.2) is 17.5 Å². The minimum absolute atomic E-state index is 0.00370. The van der Waals surface area contributed by atoms with E-state index in [1.54, 1.807) is 19.2 Å². The number of nitrogens with one attached hydrogen (secondary N) is 1. The normalized spacial score (nSPS) is 11.5. The van der Waals surface area contributed by atoms with E-state index < -0.39 is 15.8 Å². The van der Waals surface area contributed by atoms with Crippen LogP contribution in [-0.2, 0) is 16.4 Å². The average molecular weight is 391 g/mol. The highest BCUT2D eigenvalue weighted by atomic mass is 32.2. The zero-order valence-electron chi connectivity index (χ0n) is 14.8. The van der Waals surface area contributed by atoms with Gasteiger partial charge in [0.2, 0.25) is 21.7 Å². The molecule has 1 N–H and O–H groups in total. The van der Waals surface area contributed by atoms with Crippen LogP contribution < -0.4 is 9.46 Å². The Balaban J connectivity index is 1.64. The molecule has 2 aromatic carbocycles. The van der Waals surface area contributed by atoms with Crippen molar-refractivity contribution >= 4 is 10.0 Å². The van der Waals surface area contributed by atoms with E-state index in [1.807, 2.05) is 12.1 Å². The Morgan fingerprint density at radius 2 is 2.04 bits per heavy atom. The molecule has 3 rings (SSSR count). The van der Waals surface area contributed by atoms with Crippen molar-refractivity contribution in [2.24, 2.45) is 0 Å². The summed E-state index contributed by atoms with van der Waals surface area (Å²) in [5.41, 5.74) is 0.990. The third kappa shape index (κ3) is 4.50. The molecular weight excluding hydrogens is 373 g/mol. The summed E-state index contributed by atoms with van der Waals surface area (Å²) >= 11 is 0. The molecule has 0 saturated heterocycles. The van der Waals surface area contributed by atoms with Gasteiger partial charge in [0.1, 0.15) is 11.6 Å². The number of aryl methyl sites for hydroxylation is 1. The molecule has 0 fully saturated rings. The zero-order valence-corrected chi connectivity index (χ0v) is 15.6. The number of rotatable bonds is 7. The fourth-order valence-electron chi connectivity index (χ4n) is 2.40. The van der Waals surface area contributed by atoms with Crippen molar-refractivity contribution in [2.45, 2.75) is 18.2 Å². The quantitative estimate of drug-likeness (QED) is 0.666. The van der Waals surface area contributed by atoms with E-state index >= 15 is 0 Å². The summed E-state index contributed by atoms with van der Waals surface area (Å²) < 4.78 is 50.6. The first-order chi connectivity index (χ1) is 12.9. The summed E-state index contributed by atoms with van der Waals surface area (Å²) in [7, 11) is -2.18. The fraction of sp³-hybridized carbons (Fsp3) is 0.222. The van der Waals surface area contributed by atoms with Crippen molar-refractivity contribution < 1.29 is 22.1 Å². The molecule has 3 aromatic rings. The molecule has 1 heterocycles. The van der Waals surface area contributed by atoms with Crippen LogP contribution >= 0.6 is 0 Å². The van der Waals surface area contributed by atoms with Crippen LogP contribution in [0.3, 0.4) is 0 Å². The van der Waals surface area contributed by atoms with E-state index in [0.717, 1.165) is 11.6 Å². The van der Waals surface area contributed by atoms with Gasteiger partial charge in [0, 0.05) is 18.5 Å². The Kier molecular flexibility index (Phi) is 5.52. The van der Waals surface area contributed by atoms with E-state index in [1.165, 1.54) is 19.1 Å². The van der Waals surface area contributed by atoms with Crippen molar-refractivity contribution in [3.8, 4) is 17.1 Å². The summed E-state index contributed by atoms with van der Waals surface area (Å²) in [5, 5.41) is 3.90. The van der Waals surface area contributed by atoms with E-state index in [-0.39, 0.29) is 23.4 Å². The molecule has 0 saturated carbocycles. The summed E-state index contributed by atoms with van der Waals surface area (Å²) in [5.74, 6) is 0.901. The van der Waals surface area contributed by atoms with Crippen LogP contribution in [0.5, 0.6) is 5.75 Å². The summed E-state index contributed by atoms with van der Waals surface area (Å²) in [6.45, 7) is 1.57. The van der Waals surface area contributed by atoms with Gasteiger partial charge in [0.15, 0.2) is 0 Å². The van der Waals surface area contributed by atoms with Gasteiger partial charge in [0.25, 0.3) is 0 Å². The third-order valence-electron chi connectivity index (χ3n) is 3.87. The maximum absolute atomic E-state index is 13.3. The maximum atomic E-state index is 13.3. The van der Waals surface area contributed by atoms with Crippen LogP contribution in [0.15, 0.2) is 51.9 Å².